The van der Waals surface area contributed by atoms with Gasteiger partial charge in [0, 0.05) is 39.0 Å². The number of methoxy groups -OCH3 is 1. The molecule has 0 bridgehead atoms. The summed E-state index contributed by atoms with van der Waals surface area (Å²) in [5.41, 5.74) is 5.93. The summed E-state index contributed by atoms with van der Waals surface area (Å²) in [5.74, 6) is -0.635. The maximum Gasteiger partial charge on any atom is 0.224 e. The Morgan fingerprint density at radius 1 is 1.30 bits per heavy atom. The van der Waals surface area contributed by atoms with Gasteiger partial charge < -0.3 is 20.5 Å². The minimum atomic E-state index is -0.493. The summed E-state index contributed by atoms with van der Waals surface area (Å²) < 4.78 is 23.2. The molecule has 0 fully saturated rings. The maximum absolute atomic E-state index is 12.9. The van der Waals surface area contributed by atoms with Crippen molar-refractivity contribution < 1.29 is 18.7 Å². The van der Waals surface area contributed by atoms with Gasteiger partial charge >= 0.3 is 0 Å². The molecule has 1 amide bonds. The largest absolute Gasteiger partial charge is 0.396 e. The van der Waals surface area contributed by atoms with Crippen LogP contribution in [0.5, 0.6) is 0 Å². The number of rotatable bonds is 9. The maximum atomic E-state index is 12.9. The fourth-order valence-electron chi connectivity index (χ4n) is 1.59. The topological polar surface area (TPSA) is 73.6 Å². The van der Waals surface area contributed by atoms with E-state index in [-0.39, 0.29) is 11.6 Å². The average Bonchev–Trinajstić information content (AvgIpc) is 2.42. The van der Waals surface area contributed by atoms with Crippen LogP contribution in [0.2, 0.25) is 0 Å². The summed E-state index contributed by atoms with van der Waals surface area (Å²) in [6.45, 7) is 1.83. The number of carbonyl (C=O) groups excluding carboxylic acids is 1. The average molecular weight is 284 g/mol. The first-order valence-electron chi connectivity index (χ1n) is 6.55. The molecule has 1 aromatic rings. The second kappa shape index (κ2) is 9.28. The predicted octanol–water partition coefficient (Wildman–Crippen LogP) is 2.18. The monoisotopic (exact) mass is 284 g/mol. The van der Waals surface area contributed by atoms with Crippen molar-refractivity contribution in [2.45, 2.75) is 19.3 Å². The van der Waals surface area contributed by atoms with Crippen molar-refractivity contribution in [2.75, 3.05) is 38.0 Å². The van der Waals surface area contributed by atoms with Crippen LogP contribution >= 0.6 is 0 Å². The summed E-state index contributed by atoms with van der Waals surface area (Å²) >= 11 is 0. The van der Waals surface area contributed by atoms with Gasteiger partial charge in [0.15, 0.2) is 0 Å². The number of hydrogen-bond donors (Lipinski definition) is 2. The zero-order valence-corrected chi connectivity index (χ0v) is 11.7. The second-order valence-corrected chi connectivity index (χ2v) is 4.35. The van der Waals surface area contributed by atoms with Crippen molar-refractivity contribution in [1.29, 1.82) is 0 Å². The van der Waals surface area contributed by atoms with E-state index >= 15 is 0 Å². The van der Waals surface area contributed by atoms with Gasteiger partial charge in [-0.2, -0.15) is 0 Å². The molecule has 0 saturated carbocycles. The van der Waals surface area contributed by atoms with Crippen LogP contribution in [0, 0.1) is 5.82 Å². The van der Waals surface area contributed by atoms with Crippen molar-refractivity contribution in [1.82, 2.24) is 0 Å². The van der Waals surface area contributed by atoms with Crippen molar-refractivity contribution >= 4 is 17.3 Å². The molecule has 0 spiro atoms. The molecule has 112 valence electrons. The van der Waals surface area contributed by atoms with Crippen LogP contribution in [0.1, 0.15) is 19.3 Å². The Hall–Kier alpha value is -1.66. The fourth-order valence-corrected chi connectivity index (χ4v) is 1.59. The Kier molecular flexibility index (Phi) is 7.60. The summed E-state index contributed by atoms with van der Waals surface area (Å²) in [4.78, 5) is 11.6. The molecule has 20 heavy (non-hydrogen) atoms. The molecule has 0 aromatic heterocycles. The van der Waals surface area contributed by atoms with Gasteiger partial charge in [-0.05, 0) is 31.0 Å². The van der Waals surface area contributed by atoms with E-state index in [1.54, 1.807) is 7.11 Å². The third kappa shape index (κ3) is 6.49. The van der Waals surface area contributed by atoms with Gasteiger partial charge in [-0.25, -0.2) is 4.39 Å². The normalized spacial score (nSPS) is 10.5. The molecule has 0 heterocycles. The van der Waals surface area contributed by atoms with Crippen LogP contribution in [-0.2, 0) is 14.3 Å². The number of nitrogens with one attached hydrogen (secondary N) is 1. The fraction of sp³-hybridized carbons (Fsp3) is 0.500. The van der Waals surface area contributed by atoms with Gasteiger partial charge in [0.25, 0.3) is 0 Å². The molecule has 1 aromatic carbocycles. The minimum absolute atomic E-state index is 0.0178. The lowest BCUT2D eigenvalue weighted by Gasteiger charge is -2.07. The van der Waals surface area contributed by atoms with Crippen molar-refractivity contribution in [3.05, 3.63) is 24.0 Å². The van der Waals surface area contributed by atoms with Crippen LogP contribution in [0.3, 0.4) is 0 Å². The van der Waals surface area contributed by atoms with E-state index in [1.165, 1.54) is 18.2 Å². The first kappa shape index (κ1) is 16.4. The molecule has 1 rings (SSSR count). The lowest BCUT2D eigenvalue weighted by atomic mass is 10.2. The zero-order chi connectivity index (χ0) is 14.8. The molecular weight excluding hydrogens is 263 g/mol. The summed E-state index contributed by atoms with van der Waals surface area (Å²) in [6.07, 6.45) is 1.83. The number of carbonyl (C=O) groups is 1. The van der Waals surface area contributed by atoms with E-state index < -0.39 is 5.82 Å². The molecule has 5 nitrogen and oxygen atoms in total. The number of halogens is 1. The first-order valence-corrected chi connectivity index (χ1v) is 6.55. The summed E-state index contributed by atoms with van der Waals surface area (Å²) in [5, 5.41) is 2.66. The lowest BCUT2D eigenvalue weighted by Crippen LogP contribution is -2.13. The highest BCUT2D eigenvalue weighted by Crippen LogP contribution is 2.16. The van der Waals surface area contributed by atoms with E-state index in [2.05, 4.69) is 5.32 Å². The highest BCUT2D eigenvalue weighted by molar-refractivity contribution is 5.91. The van der Waals surface area contributed by atoms with Gasteiger partial charge in [0.1, 0.15) is 5.82 Å². The first-order chi connectivity index (χ1) is 9.63. The number of ether oxygens (including phenoxy) is 2. The Morgan fingerprint density at radius 2 is 2.05 bits per heavy atom. The van der Waals surface area contributed by atoms with Gasteiger partial charge in [0.2, 0.25) is 5.91 Å². The Bertz CT molecular complexity index is 427. The molecule has 6 heteroatoms. The highest BCUT2D eigenvalue weighted by atomic mass is 19.1. The van der Waals surface area contributed by atoms with Crippen LogP contribution < -0.4 is 11.1 Å². The molecular formula is C14H21FN2O3. The van der Waals surface area contributed by atoms with Gasteiger partial charge in [0.05, 0.1) is 5.69 Å². The molecule has 0 aliphatic heterocycles. The van der Waals surface area contributed by atoms with Gasteiger partial charge in [-0.3, -0.25) is 4.79 Å². The number of amides is 1. The molecule has 0 radical (unpaired) electrons. The van der Waals surface area contributed by atoms with E-state index in [1.807, 2.05) is 0 Å². The lowest BCUT2D eigenvalue weighted by molar-refractivity contribution is -0.116. The number of nitrogens with two attached hydrogens (primary N) is 1. The van der Waals surface area contributed by atoms with E-state index in [4.69, 9.17) is 15.2 Å². The quantitative estimate of drug-likeness (QED) is 0.538. The highest BCUT2D eigenvalue weighted by Gasteiger charge is 2.04. The summed E-state index contributed by atoms with van der Waals surface area (Å²) in [6, 6.07) is 4.10. The third-order valence-corrected chi connectivity index (χ3v) is 2.61. The van der Waals surface area contributed by atoms with E-state index in [9.17, 15) is 9.18 Å². The van der Waals surface area contributed by atoms with E-state index in [0.717, 1.165) is 6.42 Å². The Balaban J connectivity index is 2.15. The summed E-state index contributed by atoms with van der Waals surface area (Å²) in [7, 11) is 1.65. The molecule has 0 aliphatic rings. The van der Waals surface area contributed by atoms with Gasteiger partial charge in [-0.1, -0.05) is 0 Å². The van der Waals surface area contributed by atoms with Gasteiger partial charge in [-0.15, -0.1) is 0 Å². The Morgan fingerprint density at radius 3 is 2.75 bits per heavy atom. The second-order valence-electron chi connectivity index (χ2n) is 4.35. The third-order valence-electron chi connectivity index (χ3n) is 2.61. The van der Waals surface area contributed by atoms with Crippen LogP contribution in [-0.4, -0.2) is 32.8 Å². The van der Waals surface area contributed by atoms with Crippen LogP contribution in [0.4, 0.5) is 15.8 Å². The van der Waals surface area contributed by atoms with Crippen molar-refractivity contribution in [3.63, 3.8) is 0 Å². The number of anilines is 2. The van der Waals surface area contributed by atoms with Crippen molar-refractivity contribution in [2.24, 2.45) is 0 Å². The number of benzene rings is 1. The molecule has 0 unspecified atom stereocenters. The Labute approximate surface area is 118 Å². The number of nitrogen functional groups attached to an aromatic ring is 1. The SMILES string of the molecule is COCCCOCCCC(=O)Nc1ccc(F)c(N)c1. The minimum Gasteiger partial charge on any atom is -0.396 e. The number of hydrogen-bond acceptors (Lipinski definition) is 4. The molecule has 0 atom stereocenters. The predicted molar refractivity (Wildman–Crippen MR) is 76.0 cm³/mol. The smallest absolute Gasteiger partial charge is 0.224 e. The molecule has 0 aliphatic carbocycles. The van der Waals surface area contributed by atoms with Crippen LogP contribution in [0.15, 0.2) is 18.2 Å². The van der Waals surface area contributed by atoms with E-state index in [0.29, 0.717) is 38.3 Å². The van der Waals surface area contributed by atoms with Crippen molar-refractivity contribution in [3.8, 4) is 0 Å². The molecule has 3 N–H and O–H groups in total. The molecule has 0 saturated heterocycles. The standard InChI is InChI=1S/C14H21FN2O3/c1-19-7-3-9-20-8-2-4-14(18)17-11-5-6-12(15)13(16)10-11/h5-6,10H,2-4,7-9,16H2,1H3,(H,17,18). The van der Waals surface area contributed by atoms with Crippen LogP contribution in [0.25, 0.3) is 0 Å². The zero-order valence-electron chi connectivity index (χ0n) is 11.7.